The minimum Gasteiger partial charge on any atom is -0.370 e. The van der Waals surface area contributed by atoms with E-state index in [2.05, 4.69) is 36.5 Å². The highest BCUT2D eigenvalue weighted by atomic mass is 79.9. The fraction of sp³-hybridized carbons (Fsp3) is 0.333. The van der Waals surface area contributed by atoms with Gasteiger partial charge in [-0.25, -0.2) is 14.4 Å². The standard InChI is InChI=1S/C15H18BrFN4/c1-5-18-14-9(3)15(20-10(4)19-14)21-13-7-12(17)11(16)6-8(13)2/h6-7H,5H2,1-4H3,(H2,18,19,20,21). The minimum absolute atomic E-state index is 0.307. The fourth-order valence-electron chi connectivity index (χ4n) is 2.00. The van der Waals surface area contributed by atoms with Gasteiger partial charge in [0.15, 0.2) is 0 Å². The Morgan fingerprint density at radius 2 is 1.81 bits per heavy atom. The van der Waals surface area contributed by atoms with E-state index in [0.29, 0.717) is 21.8 Å². The number of hydrogen-bond donors (Lipinski definition) is 2. The van der Waals surface area contributed by atoms with E-state index in [1.54, 1.807) is 6.07 Å². The largest absolute Gasteiger partial charge is 0.370 e. The van der Waals surface area contributed by atoms with Crippen molar-refractivity contribution in [3.05, 3.63) is 39.4 Å². The molecule has 2 rings (SSSR count). The van der Waals surface area contributed by atoms with Crippen LogP contribution in [0.5, 0.6) is 0 Å². The van der Waals surface area contributed by atoms with Gasteiger partial charge >= 0.3 is 0 Å². The molecule has 1 aromatic carbocycles. The molecule has 0 radical (unpaired) electrons. The first-order chi connectivity index (χ1) is 9.92. The number of hydrogen-bond acceptors (Lipinski definition) is 4. The van der Waals surface area contributed by atoms with Gasteiger partial charge in [0.05, 0.1) is 4.47 Å². The molecule has 2 N–H and O–H groups in total. The second kappa shape index (κ2) is 6.39. The molecular formula is C15H18BrFN4. The van der Waals surface area contributed by atoms with Crippen LogP contribution in [0.2, 0.25) is 0 Å². The van der Waals surface area contributed by atoms with Crippen molar-refractivity contribution in [2.75, 3.05) is 17.2 Å². The SMILES string of the molecule is CCNc1nc(C)nc(Nc2cc(F)c(Br)cc2C)c1C. The summed E-state index contributed by atoms with van der Waals surface area (Å²) >= 11 is 3.19. The second-order valence-corrected chi connectivity index (χ2v) is 5.68. The van der Waals surface area contributed by atoms with Crippen LogP contribution in [0.1, 0.15) is 23.9 Å². The highest BCUT2D eigenvalue weighted by molar-refractivity contribution is 9.10. The quantitative estimate of drug-likeness (QED) is 0.851. The highest BCUT2D eigenvalue weighted by Gasteiger charge is 2.11. The summed E-state index contributed by atoms with van der Waals surface area (Å²) in [5, 5.41) is 6.40. The molecule has 21 heavy (non-hydrogen) atoms. The van der Waals surface area contributed by atoms with Gasteiger partial charge in [-0.2, -0.15) is 0 Å². The number of nitrogens with zero attached hydrogens (tertiary/aromatic N) is 2. The molecule has 1 heterocycles. The molecule has 112 valence electrons. The average Bonchev–Trinajstić information content (AvgIpc) is 2.41. The number of anilines is 3. The Kier molecular flexibility index (Phi) is 4.77. The van der Waals surface area contributed by atoms with Crippen LogP contribution in [-0.4, -0.2) is 16.5 Å². The maximum Gasteiger partial charge on any atom is 0.139 e. The Labute approximate surface area is 132 Å². The Morgan fingerprint density at radius 1 is 1.14 bits per heavy atom. The molecule has 2 aromatic rings. The summed E-state index contributed by atoms with van der Waals surface area (Å²) in [6.45, 7) is 8.48. The number of halogens is 2. The van der Waals surface area contributed by atoms with Crippen molar-refractivity contribution in [3.63, 3.8) is 0 Å². The molecule has 0 spiro atoms. The van der Waals surface area contributed by atoms with E-state index >= 15 is 0 Å². The van der Waals surface area contributed by atoms with E-state index in [1.807, 2.05) is 27.7 Å². The third kappa shape index (κ3) is 3.50. The van der Waals surface area contributed by atoms with Crippen molar-refractivity contribution in [3.8, 4) is 0 Å². The number of benzene rings is 1. The Hall–Kier alpha value is -1.69. The van der Waals surface area contributed by atoms with Crippen molar-refractivity contribution < 1.29 is 4.39 Å². The third-order valence-corrected chi connectivity index (χ3v) is 3.73. The van der Waals surface area contributed by atoms with Crippen molar-refractivity contribution >= 4 is 33.3 Å². The lowest BCUT2D eigenvalue weighted by Gasteiger charge is -2.15. The molecule has 0 unspecified atom stereocenters. The van der Waals surface area contributed by atoms with Crippen LogP contribution < -0.4 is 10.6 Å². The van der Waals surface area contributed by atoms with Crippen LogP contribution in [0.4, 0.5) is 21.7 Å². The fourth-order valence-corrected chi connectivity index (χ4v) is 2.46. The van der Waals surface area contributed by atoms with Crippen LogP contribution in [0, 0.1) is 26.6 Å². The van der Waals surface area contributed by atoms with Crippen LogP contribution in [0.15, 0.2) is 16.6 Å². The summed E-state index contributed by atoms with van der Waals surface area (Å²) in [7, 11) is 0. The normalized spacial score (nSPS) is 10.6. The van der Waals surface area contributed by atoms with Gasteiger partial charge in [0.2, 0.25) is 0 Å². The van der Waals surface area contributed by atoms with Gasteiger partial charge in [0.25, 0.3) is 0 Å². The molecular weight excluding hydrogens is 335 g/mol. The topological polar surface area (TPSA) is 49.8 Å². The first-order valence-electron chi connectivity index (χ1n) is 6.74. The van der Waals surface area contributed by atoms with Gasteiger partial charge in [-0.3, -0.25) is 0 Å². The summed E-state index contributed by atoms with van der Waals surface area (Å²) < 4.78 is 14.2. The maximum absolute atomic E-state index is 13.7. The molecule has 6 heteroatoms. The molecule has 4 nitrogen and oxygen atoms in total. The average molecular weight is 353 g/mol. The predicted molar refractivity (Wildman–Crippen MR) is 87.8 cm³/mol. The monoisotopic (exact) mass is 352 g/mol. The Bertz CT molecular complexity index is 673. The summed E-state index contributed by atoms with van der Waals surface area (Å²) in [5.41, 5.74) is 2.54. The van der Waals surface area contributed by atoms with Crippen LogP contribution in [0.3, 0.4) is 0 Å². The van der Waals surface area contributed by atoms with Gasteiger partial charge in [0.1, 0.15) is 23.3 Å². The van der Waals surface area contributed by atoms with Gasteiger partial charge in [0, 0.05) is 17.8 Å². The Morgan fingerprint density at radius 3 is 2.48 bits per heavy atom. The van der Waals surface area contributed by atoms with E-state index in [-0.39, 0.29) is 5.82 Å². The summed E-state index contributed by atoms with van der Waals surface area (Å²) in [6, 6.07) is 3.20. The molecule has 0 fully saturated rings. The van der Waals surface area contributed by atoms with Gasteiger partial charge in [-0.1, -0.05) is 0 Å². The molecule has 0 saturated heterocycles. The van der Waals surface area contributed by atoms with Crippen LogP contribution >= 0.6 is 15.9 Å². The smallest absolute Gasteiger partial charge is 0.139 e. The first kappa shape index (κ1) is 15.7. The van der Waals surface area contributed by atoms with Crippen molar-refractivity contribution in [1.82, 2.24) is 9.97 Å². The zero-order valence-corrected chi connectivity index (χ0v) is 14.1. The van der Waals surface area contributed by atoms with Gasteiger partial charge < -0.3 is 10.6 Å². The number of nitrogens with one attached hydrogen (secondary N) is 2. The number of rotatable bonds is 4. The van der Waals surface area contributed by atoms with E-state index in [0.717, 1.165) is 23.5 Å². The number of aryl methyl sites for hydroxylation is 2. The molecule has 0 atom stereocenters. The van der Waals surface area contributed by atoms with E-state index in [9.17, 15) is 4.39 Å². The minimum atomic E-state index is -0.307. The molecule has 0 saturated carbocycles. The van der Waals surface area contributed by atoms with Crippen molar-refractivity contribution in [2.45, 2.75) is 27.7 Å². The molecule has 0 aliphatic rings. The Balaban J connectivity index is 2.42. The zero-order valence-electron chi connectivity index (χ0n) is 12.5. The number of aromatic nitrogens is 2. The highest BCUT2D eigenvalue weighted by Crippen LogP contribution is 2.28. The zero-order chi connectivity index (χ0) is 15.6. The van der Waals surface area contributed by atoms with E-state index in [1.165, 1.54) is 6.07 Å². The second-order valence-electron chi connectivity index (χ2n) is 4.83. The lowest BCUT2D eigenvalue weighted by atomic mass is 10.2. The molecule has 0 bridgehead atoms. The summed E-state index contributed by atoms with van der Waals surface area (Å²) in [4.78, 5) is 8.78. The van der Waals surface area contributed by atoms with Crippen LogP contribution in [-0.2, 0) is 0 Å². The van der Waals surface area contributed by atoms with Crippen LogP contribution in [0.25, 0.3) is 0 Å². The van der Waals surface area contributed by atoms with E-state index < -0.39 is 0 Å². The lowest BCUT2D eigenvalue weighted by molar-refractivity contribution is 0.621. The third-order valence-electron chi connectivity index (χ3n) is 3.12. The molecule has 1 aromatic heterocycles. The molecule has 0 aliphatic carbocycles. The van der Waals surface area contributed by atoms with Crippen molar-refractivity contribution in [2.24, 2.45) is 0 Å². The first-order valence-corrected chi connectivity index (χ1v) is 7.53. The summed E-state index contributed by atoms with van der Waals surface area (Å²) in [5.74, 6) is 1.83. The van der Waals surface area contributed by atoms with Gasteiger partial charge in [-0.15, -0.1) is 0 Å². The van der Waals surface area contributed by atoms with E-state index in [4.69, 9.17) is 0 Å². The maximum atomic E-state index is 13.7. The van der Waals surface area contributed by atoms with Crippen molar-refractivity contribution in [1.29, 1.82) is 0 Å². The predicted octanol–water partition coefficient (Wildman–Crippen LogP) is 4.48. The molecule has 0 amide bonds. The van der Waals surface area contributed by atoms with Gasteiger partial charge in [-0.05, 0) is 61.3 Å². The summed E-state index contributed by atoms with van der Waals surface area (Å²) in [6.07, 6.45) is 0. The molecule has 0 aliphatic heterocycles. The lowest BCUT2D eigenvalue weighted by Crippen LogP contribution is -2.08.